The molecule has 0 heterocycles. The van der Waals surface area contributed by atoms with Crippen LogP contribution in [0.4, 0.5) is 8.78 Å². The normalized spacial score (nSPS) is 14.8. The van der Waals surface area contributed by atoms with Crippen LogP contribution in [0.15, 0.2) is 0 Å². The molecule has 0 bridgehead atoms. The van der Waals surface area contributed by atoms with Crippen molar-refractivity contribution in [1.82, 2.24) is 0 Å². The number of ether oxygens (including phenoxy) is 3. The molecule has 104 valence electrons. The zero-order valence-corrected chi connectivity index (χ0v) is 9.69. The predicted molar refractivity (Wildman–Crippen MR) is 56.4 cm³/mol. The highest BCUT2D eigenvalue weighted by molar-refractivity contribution is 4.49. The molecule has 0 saturated heterocycles. The van der Waals surface area contributed by atoms with Crippen LogP contribution in [0.1, 0.15) is 0 Å². The van der Waals surface area contributed by atoms with E-state index in [9.17, 15) is 8.78 Å². The van der Waals surface area contributed by atoms with Crippen molar-refractivity contribution >= 4 is 0 Å². The van der Waals surface area contributed by atoms with Crippen LogP contribution in [0.25, 0.3) is 0 Å². The summed E-state index contributed by atoms with van der Waals surface area (Å²) in [6.07, 6.45) is -2.17. The van der Waals surface area contributed by atoms with Gasteiger partial charge < -0.3 is 24.4 Å². The van der Waals surface area contributed by atoms with Crippen LogP contribution in [0, 0.1) is 0 Å². The molecule has 0 aromatic carbocycles. The lowest BCUT2D eigenvalue weighted by atomic mass is 10.4. The highest BCUT2D eigenvalue weighted by Gasteiger charge is 2.03. The van der Waals surface area contributed by atoms with Crippen molar-refractivity contribution in [2.75, 3.05) is 53.0 Å². The van der Waals surface area contributed by atoms with E-state index in [1.807, 2.05) is 0 Å². The first-order valence-corrected chi connectivity index (χ1v) is 5.42. The molecule has 0 amide bonds. The highest BCUT2D eigenvalue weighted by Crippen LogP contribution is 1.89. The molecule has 7 heteroatoms. The molecule has 17 heavy (non-hydrogen) atoms. The molecule has 0 fully saturated rings. The lowest BCUT2D eigenvalue weighted by Crippen LogP contribution is -2.20. The second kappa shape index (κ2) is 12.1. The SMILES string of the molecule is OC(CF)COCCOCCOCC(O)CF. The number of hydrogen-bond donors (Lipinski definition) is 2. The van der Waals surface area contributed by atoms with Gasteiger partial charge >= 0.3 is 0 Å². The van der Waals surface area contributed by atoms with E-state index in [2.05, 4.69) is 0 Å². The van der Waals surface area contributed by atoms with Gasteiger partial charge in [0.2, 0.25) is 0 Å². The van der Waals surface area contributed by atoms with Crippen molar-refractivity contribution in [3.05, 3.63) is 0 Å². The molecule has 2 atom stereocenters. The van der Waals surface area contributed by atoms with Gasteiger partial charge in [-0.3, -0.25) is 0 Å². The second-order valence-electron chi connectivity index (χ2n) is 3.38. The molecule has 0 radical (unpaired) electrons. The summed E-state index contributed by atoms with van der Waals surface area (Å²) in [4.78, 5) is 0. The van der Waals surface area contributed by atoms with Gasteiger partial charge in [0, 0.05) is 0 Å². The zero-order chi connectivity index (χ0) is 12.9. The molecule has 5 nitrogen and oxygen atoms in total. The van der Waals surface area contributed by atoms with Crippen LogP contribution in [0.2, 0.25) is 0 Å². The summed E-state index contributed by atoms with van der Waals surface area (Å²) in [7, 11) is 0. The van der Waals surface area contributed by atoms with Crippen molar-refractivity contribution in [3.63, 3.8) is 0 Å². The number of rotatable bonds is 12. The number of halogens is 2. The van der Waals surface area contributed by atoms with Crippen LogP contribution >= 0.6 is 0 Å². The van der Waals surface area contributed by atoms with Gasteiger partial charge in [-0.05, 0) is 0 Å². The van der Waals surface area contributed by atoms with E-state index in [1.54, 1.807) is 0 Å². The molecule has 0 aromatic heterocycles. The first-order chi connectivity index (χ1) is 8.20. The van der Waals surface area contributed by atoms with Gasteiger partial charge in [-0.25, -0.2) is 8.78 Å². The van der Waals surface area contributed by atoms with Crippen LogP contribution < -0.4 is 0 Å². The highest BCUT2D eigenvalue weighted by atomic mass is 19.1. The van der Waals surface area contributed by atoms with E-state index >= 15 is 0 Å². The summed E-state index contributed by atoms with van der Waals surface area (Å²) < 4.78 is 38.4. The van der Waals surface area contributed by atoms with Crippen LogP contribution in [-0.2, 0) is 14.2 Å². The van der Waals surface area contributed by atoms with E-state index in [0.29, 0.717) is 13.2 Å². The molecular weight excluding hydrogens is 238 g/mol. The maximum atomic E-state index is 11.8. The van der Waals surface area contributed by atoms with Crippen molar-refractivity contribution in [2.45, 2.75) is 12.2 Å². The largest absolute Gasteiger partial charge is 0.388 e. The van der Waals surface area contributed by atoms with Gasteiger partial charge in [-0.15, -0.1) is 0 Å². The third-order valence-electron chi connectivity index (χ3n) is 1.72. The van der Waals surface area contributed by atoms with Gasteiger partial charge in [-0.2, -0.15) is 0 Å². The Balaban J connectivity index is 3.04. The van der Waals surface area contributed by atoms with Gasteiger partial charge in [0.15, 0.2) is 0 Å². The number of aliphatic hydroxyl groups is 2. The Morgan fingerprint density at radius 1 is 0.706 bits per heavy atom. The quantitative estimate of drug-likeness (QED) is 0.470. The van der Waals surface area contributed by atoms with Crippen LogP contribution in [-0.4, -0.2) is 75.4 Å². The first-order valence-electron chi connectivity index (χ1n) is 5.42. The fourth-order valence-corrected chi connectivity index (χ4v) is 0.866. The number of hydrogen-bond acceptors (Lipinski definition) is 5. The molecule has 2 N–H and O–H groups in total. The molecule has 0 aromatic rings. The molecule has 0 aliphatic carbocycles. The summed E-state index contributed by atoms with van der Waals surface area (Å²) in [5.74, 6) is 0. The lowest BCUT2D eigenvalue weighted by Gasteiger charge is -2.09. The molecule has 2 unspecified atom stereocenters. The third-order valence-corrected chi connectivity index (χ3v) is 1.72. The summed E-state index contributed by atoms with van der Waals surface area (Å²) in [5, 5.41) is 17.6. The molecule has 0 aliphatic rings. The number of aliphatic hydroxyl groups excluding tert-OH is 2. The maximum Gasteiger partial charge on any atom is 0.118 e. The maximum absolute atomic E-state index is 11.8. The smallest absolute Gasteiger partial charge is 0.118 e. The average Bonchev–Trinajstić information content (AvgIpc) is 2.35. The van der Waals surface area contributed by atoms with E-state index in [4.69, 9.17) is 24.4 Å². The second-order valence-corrected chi connectivity index (χ2v) is 3.38. The topological polar surface area (TPSA) is 68.2 Å². The predicted octanol–water partition coefficient (Wildman–Crippen LogP) is -0.303. The van der Waals surface area contributed by atoms with Gasteiger partial charge in [0.1, 0.15) is 25.6 Å². The Bertz CT molecular complexity index is 146. The zero-order valence-electron chi connectivity index (χ0n) is 9.69. The molecule has 0 aliphatic heterocycles. The van der Waals surface area contributed by atoms with E-state index in [-0.39, 0.29) is 26.4 Å². The van der Waals surface area contributed by atoms with Gasteiger partial charge in [-0.1, -0.05) is 0 Å². The third kappa shape index (κ3) is 11.9. The van der Waals surface area contributed by atoms with Crippen LogP contribution in [0.3, 0.4) is 0 Å². The molecule has 0 rings (SSSR count). The Labute approximate surface area is 99.3 Å². The van der Waals surface area contributed by atoms with E-state index < -0.39 is 25.6 Å². The monoisotopic (exact) mass is 258 g/mol. The Hall–Kier alpha value is -0.340. The average molecular weight is 258 g/mol. The minimum atomic E-state index is -1.08. The van der Waals surface area contributed by atoms with Crippen molar-refractivity contribution < 1.29 is 33.2 Å². The van der Waals surface area contributed by atoms with Gasteiger partial charge in [0.05, 0.1) is 39.6 Å². The summed E-state index contributed by atoms with van der Waals surface area (Å²) in [5.41, 5.74) is 0. The fourth-order valence-electron chi connectivity index (χ4n) is 0.866. The summed E-state index contributed by atoms with van der Waals surface area (Å²) in [6.45, 7) is -0.661. The standard InChI is InChI=1S/C10H20F2O5/c11-5-9(13)7-16-3-1-15-2-4-17-8-10(14)6-12/h9-10,13-14H,1-8H2. The fraction of sp³-hybridized carbons (Fsp3) is 1.00. The van der Waals surface area contributed by atoms with E-state index in [0.717, 1.165) is 0 Å². The Morgan fingerprint density at radius 3 is 1.41 bits per heavy atom. The molecule has 0 saturated carbocycles. The van der Waals surface area contributed by atoms with Crippen molar-refractivity contribution in [2.24, 2.45) is 0 Å². The lowest BCUT2D eigenvalue weighted by molar-refractivity contribution is -0.0267. The van der Waals surface area contributed by atoms with Crippen molar-refractivity contribution in [3.8, 4) is 0 Å². The van der Waals surface area contributed by atoms with E-state index in [1.165, 1.54) is 0 Å². The first kappa shape index (κ1) is 16.7. The number of alkyl halides is 2. The van der Waals surface area contributed by atoms with Gasteiger partial charge in [0.25, 0.3) is 0 Å². The minimum absolute atomic E-state index is 0.0565. The Kier molecular flexibility index (Phi) is 11.9. The van der Waals surface area contributed by atoms with Crippen LogP contribution in [0.5, 0.6) is 0 Å². The summed E-state index contributed by atoms with van der Waals surface area (Å²) >= 11 is 0. The molecule has 0 spiro atoms. The Morgan fingerprint density at radius 2 is 1.06 bits per heavy atom. The minimum Gasteiger partial charge on any atom is -0.388 e. The molecular formula is C10H20F2O5. The summed E-state index contributed by atoms with van der Waals surface area (Å²) in [6, 6.07) is 0. The van der Waals surface area contributed by atoms with Crippen molar-refractivity contribution in [1.29, 1.82) is 0 Å².